The van der Waals surface area contributed by atoms with E-state index in [1.54, 1.807) is 0 Å². The zero-order valence-corrected chi connectivity index (χ0v) is 12.0. The summed E-state index contributed by atoms with van der Waals surface area (Å²) >= 11 is 0. The van der Waals surface area contributed by atoms with Crippen LogP contribution in [0.2, 0.25) is 0 Å². The lowest BCUT2D eigenvalue weighted by Crippen LogP contribution is -2.60. The molecule has 0 saturated carbocycles. The number of rotatable bonds is 3. The third-order valence-electron chi connectivity index (χ3n) is 1.89. The topological polar surface area (TPSA) is 78.4 Å². The highest BCUT2D eigenvalue weighted by molar-refractivity contribution is 8.83. The van der Waals surface area contributed by atoms with Crippen LogP contribution in [0.15, 0.2) is 11.0 Å². The second kappa shape index (κ2) is 4.97. The molecule has 1 heterocycles. The fourth-order valence-electron chi connectivity index (χ4n) is 1.04. The standard InChI is InChI=1S/C9H15ClO4S2/c1-5-7-6-8(9(2,3)4)15-16(7)14-10(11,12)13/h6H,5H2,1-4H3. The molecular formula is C9H15ClO4S2. The van der Waals surface area contributed by atoms with Crippen molar-refractivity contribution < 1.29 is 28.0 Å². The summed E-state index contributed by atoms with van der Waals surface area (Å²) in [6, 6.07) is 0. The molecule has 0 N–H and O–H groups in total. The number of hydrogen-bond acceptors (Lipinski definition) is 5. The first-order chi connectivity index (χ1) is 7.13. The summed E-state index contributed by atoms with van der Waals surface area (Å²) in [5.74, 6) is 0. The van der Waals surface area contributed by atoms with Crippen molar-refractivity contribution in [2.24, 2.45) is 5.41 Å². The Labute approximate surface area is 104 Å². The van der Waals surface area contributed by atoms with E-state index in [1.807, 2.05) is 33.8 Å². The maximum atomic E-state index is 10.6. The van der Waals surface area contributed by atoms with Crippen LogP contribution in [0.5, 0.6) is 0 Å². The van der Waals surface area contributed by atoms with Gasteiger partial charge in [-0.3, -0.25) is 0 Å². The summed E-state index contributed by atoms with van der Waals surface area (Å²) in [5, 5.41) is 0. The fourth-order valence-corrected chi connectivity index (χ4v) is 6.26. The molecule has 16 heavy (non-hydrogen) atoms. The Morgan fingerprint density at radius 3 is 2.31 bits per heavy atom. The first kappa shape index (κ1) is 14.5. The van der Waals surface area contributed by atoms with E-state index in [0.29, 0.717) is 6.42 Å². The lowest BCUT2D eigenvalue weighted by Gasteiger charge is -2.19. The van der Waals surface area contributed by atoms with Gasteiger partial charge in [0, 0.05) is 9.77 Å². The van der Waals surface area contributed by atoms with Gasteiger partial charge in [-0.1, -0.05) is 27.7 Å². The van der Waals surface area contributed by atoms with Crippen molar-refractivity contribution in [1.29, 1.82) is 0 Å². The second-order valence-electron chi connectivity index (χ2n) is 4.34. The van der Waals surface area contributed by atoms with Crippen LogP contribution in [0.1, 0.15) is 34.1 Å². The van der Waals surface area contributed by atoms with E-state index in [4.69, 9.17) is 0 Å². The normalized spacial score (nSPS) is 22.6. The Hall–Kier alpha value is 0.440. The van der Waals surface area contributed by atoms with Crippen molar-refractivity contribution in [3.63, 3.8) is 0 Å². The van der Waals surface area contributed by atoms with Crippen LogP contribution in [0, 0.1) is 15.7 Å². The Morgan fingerprint density at radius 2 is 1.94 bits per heavy atom. The SMILES string of the molecule is CCC1=S(O[Cl+3]([O-])([O-])[O-])SC(C(C)(C)C)=C1. The highest BCUT2D eigenvalue weighted by Crippen LogP contribution is 2.52. The van der Waals surface area contributed by atoms with Crippen LogP contribution in [0.3, 0.4) is 0 Å². The first-order valence-corrected chi connectivity index (χ1v) is 8.46. The molecule has 0 aromatic rings. The van der Waals surface area contributed by atoms with Gasteiger partial charge in [0.1, 0.15) is 3.74 Å². The van der Waals surface area contributed by atoms with E-state index in [9.17, 15) is 14.0 Å². The molecule has 0 bridgehead atoms. The van der Waals surface area contributed by atoms with Crippen LogP contribution < -0.4 is 14.0 Å². The summed E-state index contributed by atoms with van der Waals surface area (Å²) in [4.78, 5) is 1.91. The zero-order chi connectivity index (χ0) is 12.6. The van der Waals surface area contributed by atoms with Gasteiger partial charge >= 0.3 is 0 Å². The molecule has 7 heteroatoms. The largest absolute Gasteiger partial charge is 0.182 e. The van der Waals surface area contributed by atoms with Crippen LogP contribution in [0.4, 0.5) is 0 Å². The third-order valence-corrected chi connectivity index (χ3v) is 6.96. The van der Waals surface area contributed by atoms with Crippen LogP contribution in [0.25, 0.3) is 0 Å². The number of allylic oxidation sites excluding steroid dienone is 2. The predicted octanol–water partition coefficient (Wildman–Crippen LogP) is 0.258. The van der Waals surface area contributed by atoms with Gasteiger partial charge < -0.3 is 0 Å². The smallest absolute Gasteiger partial charge is 0.175 e. The van der Waals surface area contributed by atoms with Gasteiger partial charge in [0.15, 0.2) is 9.80 Å². The zero-order valence-electron chi connectivity index (χ0n) is 9.61. The Morgan fingerprint density at radius 1 is 1.38 bits per heavy atom. The molecule has 0 aromatic heterocycles. The molecule has 0 fully saturated rings. The molecule has 94 valence electrons. The summed E-state index contributed by atoms with van der Waals surface area (Å²) in [6.07, 6.45) is 2.62. The van der Waals surface area contributed by atoms with Gasteiger partial charge in [0.05, 0.1) is 10.2 Å². The quantitative estimate of drug-likeness (QED) is 0.549. The van der Waals surface area contributed by atoms with Crippen molar-refractivity contribution in [2.75, 3.05) is 0 Å². The van der Waals surface area contributed by atoms with Crippen molar-refractivity contribution >= 4 is 25.5 Å². The Balaban J connectivity index is 2.84. The lowest BCUT2D eigenvalue weighted by atomic mass is 9.95. The maximum Gasteiger partial charge on any atom is 0.175 e. The molecule has 0 aromatic carbocycles. The summed E-state index contributed by atoms with van der Waals surface area (Å²) < 4.78 is 36.2. The Kier molecular flexibility index (Phi) is 4.51. The average molecular weight is 287 g/mol. The minimum Gasteiger partial charge on any atom is -0.182 e. The van der Waals surface area contributed by atoms with E-state index < -0.39 is 20.0 Å². The monoisotopic (exact) mass is 286 g/mol. The molecule has 0 spiro atoms. The second-order valence-corrected chi connectivity index (χ2v) is 8.61. The van der Waals surface area contributed by atoms with E-state index in [1.165, 1.54) is 10.8 Å². The van der Waals surface area contributed by atoms with Gasteiger partial charge in [0.2, 0.25) is 0 Å². The molecule has 1 unspecified atom stereocenters. The maximum absolute atomic E-state index is 10.6. The van der Waals surface area contributed by atoms with E-state index >= 15 is 0 Å². The summed E-state index contributed by atoms with van der Waals surface area (Å²) in [5.41, 5.74) is -0.0558. The molecular weight excluding hydrogens is 272 g/mol. The van der Waals surface area contributed by atoms with Gasteiger partial charge in [-0.25, -0.2) is 0 Å². The molecule has 0 saturated heterocycles. The van der Waals surface area contributed by atoms with Crippen molar-refractivity contribution in [2.45, 2.75) is 34.1 Å². The molecule has 0 radical (unpaired) electrons. The average Bonchev–Trinajstić information content (AvgIpc) is 2.43. The number of halogens is 1. The molecule has 0 aliphatic carbocycles. The minimum atomic E-state index is -4.36. The fraction of sp³-hybridized carbons (Fsp3) is 0.667. The third kappa shape index (κ3) is 4.03. The predicted molar refractivity (Wildman–Crippen MR) is 59.1 cm³/mol. The van der Waals surface area contributed by atoms with Gasteiger partial charge in [-0.2, -0.15) is 14.0 Å². The van der Waals surface area contributed by atoms with Crippen molar-refractivity contribution in [3.05, 3.63) is 11.0 Å². The van der Waals surface area contributed by atoms with Crippen molar-refractivity contribution in [1.82, 2.24) is 0 Å². The highest BCUT2D eigenvalue weighted by Gasteiger charge is 2.33. The van der Waals surface area contributed by atoms with Gasteiger partial charge in [-0.15, -0.1) is 0 Å². The number of hydrogen-bond donors (Lipinski definition) is 0. The molecule has 1 aliphatic heterocycles. The minimum absolute atomic E-state index is 0.0558. The van der Waals surface area contributed by atoms with E-state index in [-0.39, 0.29) is 5.41 Å². The lowest BCUT2D eigenvalue weighted by molar-refractivity contribution is -1.91. The first-order valence-electron chi connectivity index (χ1n) is 4.75. The Bertz CT molecular complexity index is 338. The van der Waals surface area contributed by atoms with Crippen LogP contribution >= 0.6 is 20.6 Å². The molecule has 0 amide bonds. The van der Waals surface area contributed by atoms with Gasteiger partial charge in [0.25, 0.3) is 0 Å². The van der Waals surface area contributed by atoms with Crippen molar-refractivity contribution in [3.8, 4) is 0 Å². The van der Waals surface area contributed by atoms with Crippen LogP contribution in [-0.2, 0) is 3.74 Å². The van der Waals surface area contributed by atoms with E-state index in [0.717, 1.165) is 9.77 Å². The molecule has 1 rings (SSSR count). The van der Waals surface area contributed by atoms with Gasteiger partial charge in [-0.05, 0) is 28.7 Å². The summed E-state index contributed by atoms with van der Waals surface area (Å²) in [7, 11) is -4.02. The molecule has 1 atom stereocenters. The highest BCUT2D eigenvalue weighted by atomic mass is 35.7. The summed E-state index contributed by atoms with van der Waals surface area (Å²) in [6.45, 7) is 8.02. The molecule has 1 aliphatic rings. The van der Waals surface area contributed by atoms with E-state index in [2.05, 4.69) is 3.74 Å². The molecule has 4 nitrogen and oxygen atoms in total. The van der Waals surface area contributed by atoms with Crippen LogP contribution in [-0.4, -0.2) is 4.86 Å².